The Morgan fingerprint density at radius 1 is 1.43 bits per heavy atom. The fourth-order valence-electron chi connectivity index (χ4n) is 2.94. The summed E-state index contributed by atoms with van der Waals surface area (Å²) in [6.07, 6.45) is 4.42. The van der Waals surface area contributed by atoms with Gasteiger partial charge < -0.3 is 15.3 Å². The van der Waals surface area contributed by atoms with Gasteiger partial charge in [-0.15, -0.1) is 0 Å². The van der Waals surface area contributed by atoms with E-state index in [0.717, 1.165) is 31.4 Å². The lowest BCUT2D eigenvalue weighted by Crippen LogP contribution is -2.43. The summed E-state index contributed by atoms with van der Waals surface area (Å²) in [4.78, 5) is 2.07. The number of aliphatic hydroxyl groups is 1. The molecule has 0 saturated heterocycles. The normalized spacial score (nSPS) is 16.6. The number of nitrogens with zero attached hydrogens (tertiary/aromatic N) is 1. The van der Waals surface area contributed by atoms with Gasteiger partial charge in [0.25, 0.3) is 0 Å². The number of para-hydroxylation sites is 1. The number of rotatable bonds is 8. The van der Waals surface area contributed by atoms with Crippen molar-refractivity contribution in [3.63, 3.8) is 0 Å². The molecule has 2 rings (SSSR count). The largest absolute Gasteiger partial charge is 0.395 e. The summed E-state index contributed by atoms with van der Waals surface area (Å²) in [7, 11) is 0. The Morgan fingerprint density at radius 3 is 2.76 bits per heavy atom. The topological polar surface area (TPSA) is 35.5 Å². The predicted molar refractivity (Wildman–Crippen MR) is 85.2 cm³/mol. The summed E-state index contributed by atoms with van der Waals surface area (Å²) in [5, 5.41) is 12.8. The number of hydrogen-bond donors (Lipinski definition) is 2. The van der Waals surface area contributed by atoms with Crippen LogP contribution in [0.25, 0.3) is 0 Å². The molecule has 0 bridgehead atoms. The maximum Gasteiger partial charge on any atom is 0.146 e. The molecule has 0 spiro atoms. The standard InChI is InChI=1S/C17H27FN2O/c1-3-10-19-13(2)15-8-5-9-16(18)17(15)20(11-12-21)14-6-4-7-14/h5,8-9,13-14,19,21H,3-4,6-7,10-12H2,1-2H3. The molecule has 0 amide bonds. The first-order valence-electron chi connectivity index (χ1n) is 8.08. The van der Waals surface area contributed by atoms with Crippen molar-refractivity contribution in [2.45, 2.75) is 51.6 Å². The van der Waals surface area contributed by atoms with Crippen molar-refractivity contribution in [1.29, 1.82) is 0 Å². The predicted octanol–water partition coefficient (Wildman–Crippen LogP) is 3.24. The molecule has 1 fully saturated rings. The Hall–Kier alpha value is -1.13. The number of benzene rings is 1. The molecule has 118 valence electrons. The fraction of sp³-hybridized carbons (Fsp3) is 0.647. The molecule has 1 unspecified atom stereocenters. The highest BCUT2D eigenvalue weighted by molar-refractivity contribution is 5.57. The van der Waals surface area contributed by atoms with Crippen molar-refractivity contribution >= 4 is 5.69 Å². The maximum atomic E-state index is 14.5. The summed E-state index contributed by atoms with van der Waals surface area (Å²) in [5.74, 6) is -0.182. The number of nitrogens with one attached hydrogen (secondary N) is 1. The van der Waals surface area contributed by atoms with Gasteiger partial charge in [0.05, 0.1) is 12.3 Å². The van der Waals surface area contributed by atoms with Crippen molar-refractivity contribution in [1.82, 2.24) is 5.32 Å². The Bertz CT molecular complexity index is 448. The summed E-state index contributed by atoms with van der Waals surface area (Å²) in [5.41, 5.74) is 1.66. The second-order valence-electron chi connectivity index (χ2n) is 5.86. The zero-order chi connectivity index (χ0) is 15.2. The van der Waals surface area contributed by atoms with E-state index in [1.807, 2.05) is 6.07 Å². The zero-order valence-electron chi connectivity index (χ0n) is 13.1. The third kappa shape index (κ3) is 3.74. The number of hydrogen-bond acceptors (Lipinski definition) is 3. The van der Waals surface area contributed by atoms with E-state index in [4.69, 9.17) is 0 Å². The Kier molecular flexibility index (Phi) is 6.00. The van der Waals surface area contributed by atoms with Crippen LogP contribution in [0.2, 0.25) is 0 Å². The highest BCUT2D eigenvalue weighted by atomic mass is 19.1. The molecular formula is C17H27FN2O. The summed E-state index contributed by atoms with van der Waals surface area (Å²) >= 11 is 0. The van der Waals surface area contributed by atoms with Gasteiger partial charge in [-0.1, -0.05) is 19.1 Å². The molecule has 1 saturated carbocycles. The molecule has 1 atom stereocenters. The number of anilines is 1. The van der Waals surface area contributed by atoms with Crippen LogP contribution in [0.1, 0.15) is 51.1 Å². The number of aliphatic hydroxyl groups excluding tert-OH is 1. The van der Waals surface area contributed by atoms with Gasteiger partial charge in [0.2, 0.25) is 0 Å². The second kappa shape index (κ2) is 7.76. The van der Waals surface area contributed by atoms with Gasteiger partial charge in [-0.25, -0.2) is 4.39 Å². The third-order valence-electron chi connectivity index (χ3n) is 4.33. The lowest BCUT2D eigenvalue weighted by atomic mass is 9.90. The van der Waals surface area contributed by atoms with E-state index in [1.165, 1.54) is 12.5 Å². The summed E-state index contributed by atoms with van der Waals surface area (Å²) < 4.78 is 14.5. The molecule has 1 aromatic rings. The van der Waals surface area contributed by atoms with Gasteiger partial charge >= 0.3 is 0 Å². The van der Waals surface area contributed by atoms with Gasteiger partial charge in [0.15, 0.2) is 0 Å². The van der Waals surface area contributed by atoms with Crippen LogP contribution in [-0.2, 0) is 0 Å². The molecule has 2 N–H and O–H groups in total. The van der Waals surface area contributed by atoms with Gasteiger partial charge in [0, 0.05) is 18.6 Å². The molecule has 4 heteroatoms. The quantitative estimate of drug-likeness (QED) is 0.772. The molecule has 1 aliphatic rings. The molecule has 3 nitrogen and oxygen atoms in total. The molecule has 1 aromatic carbocycles. The maximum absolute atomic E-state index is 14.5. The van der Waals surface area contributed by atoms with Crippen molar-refractivity contribution in [2.24, 2.45) is 0 Å². The SMILES string of the molecule is CCCNC(C)c1cccc(F)c1N(CCO)C1CCC1. The van der Waals surface area contributed by atoms with Gasteiger partial charge in [-0.05, 0) is 50.8 Å². The fourth-order valence-corrected chi connectivity index (χ4v) is 2.94. The van der Waals surface area contributed by atoms with E-state index in [2.05, 4.69) is 24.1 Å². The van der Waals surface area contributed by atoms with Crippen LogP contribution < -0.4 is 10.2 Å². The van der Waals surface area contributed by atoms with E-state index < -0.39 is 0 Å². The van der Waals surface area contributed by atoms with E-state index in [1.54, 1.807) is 6.07 Å². The Morgan fingerprint density at radius 2 is 2.19 bits per heavy atom. The first-order chi connectivity index (χ1) is 10.2. The zero-order valence-corrected chi connectivity index (χ0v) is 13.1. The van der Waals surface area contributed by atoms with E-state index >= 15 is 0 Å². The minimum atomic E-state index is -0.182. The van der Waals surface area contributed by atoms with Crippen LogP contribution in [0.5, 0.6) is 0 Å². The first-order valence-corrected chi connectivity index (χ1v) is 8.08. The van der Waals surface area contributed by atoms with E-state index in [9.17, 15) is 9.50 Å². The minimum Gasteiger partial charge on any atom is -0.395 e. The average Bonchev–Trinajstić information content (AvgIpc) is 2.42. The van der Waals surface area contributed by atoms with Crippen LogP contribution in [0.15, 0.2) is 18.2 Å². The lowest BCUT2D eigenvalue weighted by Gasteiger charge is -2.40. The molecule has 1 aliphatic carbocycles. The third-order valence-corrected chi connectivity index (χ3v) is 4.33. The molecule has 21 heavy (non-hydrogen) atoms. The summed E-state index contributed by atoms with van der Waals surface area (Å²) in [6.45, 7) is 5.67. The van der Waals surface area contributed by atoms with Gasteiger partial charge in [-0.3, -0.25) is 0 Å². The second-order valence-corrected chi connectivity index (χ2v) is 5.86. The molecule has 0 radical (unpaired) electrons. The first kappa shape index (κ1) is 16.2. The number of halogens is 1. The monoisotopic (exact) mass is 294 g/mol. The van der Waals surface area contributed by atoms with Crippen molar-refractivity contribution in [3.8, 4) is 0 Å². The van der Waals surface area contributed by atoms with Gasteiger partial charge in [-0.2, -0.15) is 0 Å². The van der Waals surface area contributed by atoms with E-state index in [-0.39, 0.29) is 18.5 Å². The van der Waals surface area contributed by atoms with Crippen LogP contribution in [-0.4, -0.2) is 30.8 Å². The van der Waals surface area contributed by atoms with Crippen molar-refractivity contribution in [3.05, 3.63) is 29.6 Å². The highest BCUT2D eigenvalue weighted by Gasteiger charge is 2.29. The van der Waals surface area contributed by atoms with Crippen molar-refractivity contribution < 1.29 is 9.50 Å². The smallest absolute Gasteiger partial charge is 0.146 e. The Labute approximate surface area is 127 Å². The van der Waals surface area contributed by atoms with Gasteiger partial charge in [0.1, 0.15) is 5.82 Å². The van der Waals surface area contributed by atoms with Crippen LogP contribution in [0, 0.1) is 5.82 Å². The minimum absolute atomic E-state index is 0.0566. The average molecular weight is 294 g/mol. The Balaban J connectivity index is 2.30. The van der Waals surface area contributed by atoms with Crippen LogP contribution in [0.3, 0.4) is 0 Å². The summed E-state index contributed by atoms with van der Waals surface area (Å²) in [6, 6.07) is 5.77. The van der Waals surface area contributed by atoms with Crippen LogP contribution in [0.4, 0.5) is 10.1 Å². The highest BCUT2D eigenvalue weighted by Crippen LogP contribution is 2.35. The molecule has 0 aromatic heterocycles. The van der Waals surface area contributed by atoms with Crippen molar-refractivity contribution in [2.75, 3.05) is 24.6 Å². The lowest BCUT2D eigenvalue weighted by molar-refractivity contribution is 0.282. The van der Waals surface area contributed by atoms with E-state index in [0.29, 0.717) is 18.3 Å². The molecule has 0 aliphatic heterocycles. The molecular weight excluding hydrogens is 267 g/mol. The van der Waals surface area contributed by atoms with Crippen LogP contribution >= 0.6 is 0 Å². The molecule has 0 heterocycles.